The molecule has 418 valence electrons. The van der Waals surface area contributed by atoms with Gasteiger partial charge in [-0.15, -0.1) is 0 Å². The molecule has 0 radical (unpaired) electrons. The molecule has 0 aliphatic heterocycles. The summed E-state index contributed by atoms with van der Waals surface area (Å²) in [5.41, 5.74) is 0. The predicted octanol–water partition coefficient (Wildman–Crippen LogP) is 21.4. The maximum Gasteiger partial charge on any atom is 0.306 e. The SMILES string of the molecule is CCCCCCC/C=C\C/C=C\CCCCCCCCCCCCCCCCCCCCCCCCCC(=O)OCC(COC(=O)CCCCCCCCCC)OC(=O)CCCCCCCCCCCC. The molecule has 0 aliphatic carbocycles. The van der Waals surface area contributed by atoms with Crippen LogP contribution in [0.2, 0.25) is 0 Å². The molecule has 0 bridgehead atoms. The number of esters is 3. The Morgan fingerprint density at radius 3 is 0.775 bits per heavy atom. The van der Waals surface area contributed by atoms with Crippen molar-refractivity contribution in [3.8, 4) is 0 Å². The summed E-state index contributed by atoms with van der Waals surface area (Å²) in [4.78, 5) is 37.9. The van der Waals surface area contributed by atoms with E-state index in [1.807, 2.05) is 0 Å². The second-order valence-electron chi connectivity index (χ2n) is 21.7. The lowest BCUT2D eigenvalue weighted by Crippen LogP contribution is -2.30. The molecule has 0 aromatic heterocycles. The fourth-order valence-corrected chi connectivity index (χ4v) is 9.65. The molecule has 0 saturated heterocycles. The zero-order valence-electron chi connectivity index (χ0n) is 48.0. The van der Waals surface area contributed by atoms with E-state index in [9.17, 15) is 14.4 Å². The van der Waals surface area contributed by atoms with Crippen LogP contribution < -0.4 is 0 Å². The van der Waals surface area contributed by atoms with Gasteiger partial charge in [0.05, 0.1) is 0 Å². The Balaban J connectivity index is 3.85. The van der Waals surface area contributed by atoms with Crippen LogP contribution in [-0.2, 0) is 28.6 Å². The minimum absolute atomic E-state index is 0.0643. The summed E-state index contributed by atoms with van der Waals surface area (Å²) in [6.07, 6.45) is 72.4. The smallest absolute Gasteiger partial charge is 0.306 e. The summed E-state index contributed by atoms with van der Waals surface area (Å²) in [5.74, 6) is -0.850. The van der Waals surface area contributed by atoms with Crippen molar-refractivity contribution in [1.29, 1.82) is 0 Å². The summed E-state index contributed by atoms with van der Waals surface area (Å²) in [7, 11) is 0. The average molecular weight is 1000 g/mol. The molecular weight excluding hydrogens is 877 g/mol. The highest BCUT2D eigenvalue weighted by Crippen LogP contribution is 2.18. The second kappa shape index (κ2) is 60.4. The van der Waals surface area contributed by atoms with Crippen molar-refractivity contribution in [2.75, 3.05) is 13.2 Å². The van der Waals surface area contributed by atoms with Crippen LogP contribution in [0.15, 0.2) is 24.3 Å². The number of carbonyl (C=O) groups is 3. The van der Waals surface area contributed by atoms with Gasteiger partial charge in [-0.2, -0.15) is 0 Å². The lowest BCUT2D eigenvalue weighted by Gasteiger charge is -2.18. The van der Waals surface area contributed by atoms with Crippen LogP contribution in [0, 0.1) is 0 Å². The largest absolute Gasteiger partial charge is 0.462 e. The van der Waals surface area contributed by atoms with Gasteiger partial charge in [0.25, 0.3) is 0 Å². The van der Waals surface area contributed by atoms with Crippen molar-refractivity contribution >= 4 is 17.9 Å². The fraction of sp³-hybridized carbons (Fsp3) is 0.892. The molecule has 0 spiro atoms. The van der Waals surface area contributed by atoms with Crippen molar-refractivity contribution in [1.82, 2.24) is 0 Å². The molecule has 0 heterocycles. The van der Waals surface area contributed by atoms with E-state index in [0.29, 0.717) is 19.3 Å². The van der Waals surface area contributed by atoms with Crippen LogP contribution in [0.5, 0.6) is 0 Å². The number of unbranched alkanes of at least 4 members (excludes halogenated alkanes) is 44. The Bertz CT molecular complexity index is 1150. The van der Waals surface area contributed by atoms with Gasteiger partial charge < -0.3 is 14.2 Å². The monoisotopic (exact) mass is 999 g/mol. The van der Waals surface area contributed by atoms with Crippen LogP contribution >= 0.6 is 0 Å². The topological polar surface area (TPSA) is 78.9 Å². The first-order valence-electron chi connectivity index (χ1n) is 31.8. The minimum atomic E-state index is -0.761. The van der Waals surface area contributed by atoms with Gasteiger partial charge in [-0.05, 0) is 51.4 Å². The Morgan fingerprint density at radius 2 is 0.507 bits per heavy atom. The first kappa shape index (κ1) is 68.9. The summed E-state index contributed by atoms with van der Waals surface area (Å²) in [5, 5.41) is 0. The first-order valence-corrected chi connectivity index (χ1v) is 31.8. The zero-order chi connectivity index (χ0) is 51.4. The summed E-state index contributed by atoms with van der Waals surface area (Å²) in [6.45, 7) is 6.63. The number of hydrogen-bond donors (Lipinski definition) is 0. The quantitative estimate of drug-likeness (QED) is 0.0261. The molecule has 0 amide bonds. The second-order valence-corrected chi connectivity index (χ2v) is 21.7. The van der Waals surface area contributed by atoms with E-state index in [2.05, 4.69) is 45.1 Å². The van der Waals surface area contributed by atoms with Crippen LogP contribution in [0.4, 0.5) is 0 Å². The third-order valence-electron chi connectivity index (χ3n) is 14.5. The van der Waals surface area contributed by atoms with Crippen molar-refractivity contribution in [3.05, 3.63) is 24.3 Å². The molecule has 6 nitrogen and oxygen atoms in total. The van der Waals surface area contributed by atoms with Crippen molar-refractivity contribution in [3.63, 3.8) is 0 Å². The van der Waals surface area contributed by atoms with Crippen molar-refractivity contribution < 1.29 is 28.6 Å². The van der Waals surface area contributed by atoms with Crippen LogP contribution in [0.3, 0.4) is 0 Å². The fourth-order valence-electron chi connectivity index (χ4n) is 9.65. The summed E-state index contributed by atoms with van der Waals surface area (Å²) in [6, 6.07) is 0. The molecule has 0 rings (SSSR count). The van der Waals surface area contributed by atoms with Crippen molar-refractivity contribution in [2.45, 2.75) is 361 Å². The minimum Gasteiger partial charge on any atom is -0.462 e. The Labute approximate surface area is 443 Å². The number of ether oxygens (including phenoxy) is 3. The molecule has 71 heavy (non-hydrogen) atoms. The summed E-state index contributed by atoms with van der Waals surface area (Å²) < 4.78 is 16.8. The van der Waals surface area contributed by atoms with Gasteiger partial charge in [-0.1, -0.05) is 308 Å². The highest BCUT2D eigenvalue weighted by atomic mass is 16.6. The van der Waals surface area contributed by atoms with E-state index in [1.165, 1.54) is 250 Å². The molecule has 1 atom stereocenters. The molecule has 6 heteroatoms. The normalized spacial score (nSPS) is 12.1. The molecular formula is C65H122O6. The van der Waals surface area contributed by atoms with E-state index in [0.717, 1.165) is 64.2 Å². The zero-order valence-corrected chi connectivity index (χ0v) is 48.0. The Kier molecular flexibility index (Phi) is 58.6. The number of allylic oxidation sites excluding steroid dienone is 4. The number of hydrogen-bond acceptors (Lipinski definition) is 6. The van der Waals surface area contributed by atoms with Gasteiger partial charge in [0.15, 0.2) is 6.10 Å². The van der Waals surface area contributed by atoms with Crippen LogP contribution in [-0.4, -0.2) is 37.2 Å². The average Bonchev–Trinajstić information content (AvgIpc) is 3.37. The maximum absolute atomic E-state index is 12.7. The van der Waals surface area contributed by atoms with E-state index in [-0.39, 0.29) is 31.1 Å². The van der Waals surface area contributed by atoms with Gasteiger partial charge in [0.1, 0.15) is 13.2 Å². The molecule has 0 aromatic rings. The predicted molar refractivity (Wildman–Crippen MR) is 307 cm³/mol. The summed E-state index contributed by atoms with van der Waals surface area (Å²) >= 11 is 0. The third-order valence-corrected chi connectivity index (χ3v) is 14.5. The van der Waals surface area contributed by atoms with Crippen LogP contribution in [0.25, 0.3) is 0 Å². The lowest BCUT2D eigenvalue weighted by atomic mass is 10.0. The van der Waals surface area contributed by atoms with E-state index < -0.39 is 6.10 Å². The number of carbonyl (C=O) groups excluding carboxylic acids is 3. The highest BCUT2D eigenvalue weighted by molar-refractivity contribution is 5.71. The van der Waals surface area contributed by atoms with Gasteiger partial charge in [0.2, 0.25) is 0 Å². The molecule has 0 aliphatic rings. The van der Waals surface area contributed by atoms with Crippen LogP contribution in [0.1, 0.15) is 355 Å². The standard InChI is InChI=1S/C65H122O6/c1-4-7-10-13-16-19-21-22-23-24-25-26-27-28-29-30-31-32-33-34-35-36-37-38-39-40-41-42-43-44-45-47-49-52-55-58-64(67)70-61-62(60-69-63(66)57-54-51-48-18-15-12-9-6-3)71-65(68)59-56-53-50-46-20-17-14-11-8-5-2/h21-22,24-25,62H,4-20,23,26-61H2,1-3H3/b22-21-,25-24-. The number of rotatable bonds is 59. The molecule has 1 unspecified atom stereocenters. The van der Waals surface area contributed by atoms with Crippen molar-refractivity contribution in [2.24, 2.45) is 0 Å². The highest BCUT2D eigenvalue weighted by Gasteiger charge is 2.19. The molecule has 0 aromatic carbocycles. The first-order chi connectivity index (χ1) is 35.0. The van der Waals surface area contributed by atoms with Gasteiger partial charge >= 0.3 is 17.9 Å². The van der Waals surface area contributed by atoms with E-state index >= 15 is 0 Å². The van der Waals surface area contributed by atoms with E-state index in [1.54, 1.807) is 0 Å². The van der Waals surface area contributed by atoms with Gasteiger partial charge in [0, 0.05) is 19.3 Å². The third kappa shape index (κ3) is 58.7. The Hall–Kier alpha value is -2.11. The maximum atomic E-state index is 12.7. The molecule has 0 saturated carbocycles. The van der Waals surface area contributed by atoms with Gasteiger partial charge in [-0.25, -0.2) is 0 Å². The lowest BCUT2D eigenvalue weighted by molar-refractivity contribution is -0.167. The molecule has 0 N–H and O–H groups in total. The van der Waals surface area contributed by atoms with E-state index in [4.69, 9.17) is 14.2 Å². The molecule has 0 fully saturated rings. The van der Waals surface area contributed by atoms with Gasteiger partial charge in [-0.3, -0.25) is 14.4 Å². The Morgan fingerprint density at radius 1 is 0.282 bits per heavy atom.